The van der Waals surface area contributed by atoms with Gasteiger partial charge in [0.2, 0.25) is 0 Å². The Labute approximate surface area is 416 Å². The van der Waals surface area contributed by atoms with E-state index in [2.05, 4.69) is 0 Å². The highest BCUT2D eigenvalue weighted by atomic mass is 16.8. The van der Waals surface area contributed by atoms with Gasteiger partial charge in [-0.1, -0.05) is 0 Å². The molecule has 31 nitrogen and oxygen atoms in total. The Balaban J connectivity index is 1.45. The lowest BCUT2D eigenvalue weighted by molar-refractivity contribution is -0.389. The van der Waals surface area contributed by atoms with Gasteiger partial charge < -0.3 is 127 Å². The van der Waals surface area contributed by atoms with E-state index in [-0.39, 0.29) is 6.61 Å². The molecule has 0 aromatic carbocycles. The Morgan fingerprint density at radius 3 is 1.29 bits per heavy atom. The summed E-state index contributed by atoms with van der Waals surface area (Å²) in [6.07, 6.45) is -40.0. The highest BCUT2D eigenvalue weighted by molar-refractivity contribution is 5.74. The van der Waals surface area contributed by atoms with Crippen LogP contribution in [-0.4, -0.2) is 282 Å². The van der Waals surface area contributed by atoms with Crippen LogP contribution < -0.4 is 5.73 Å². The number of carboxylic acid groups (broad SMARTS) is 2. The second-order valence-electron chi connectivity index (χ2n) is 17.2. The topological polar surface area (TPSA) is 419 Å². The minimum atomic E-state index is -2.15. The van der Waals surface area contributed by atoms with Crippen LogP contribution in [0.1, 0.15) is 20.8 Å². The Kier molecular flexibility index (Phi) is 22.3. The van der Waals surface area contributed by atoms with E-state index in [0.29, 0.717) is 0 Å². The molecule has 5 aliphatic heterocycles. The zero-order valence-corrected chi connectivity index (χ0v) is 41.2. The fourth-order valence-corrected chi connectivity index (χ4v) is 9.21. The molecule has 5 aliphatic rings. The number of rotatable bonds is 22. The number of hydrogen-bond donors (Lipinski definition) is 8. The molecule has 420 valence electrons. The van der Waals surface area contributed by atoms with Crippen LogP contribution in [0.2, 0.25) is 0 Å². The van der Waals surface area contributed by atoms with Crippen LogP contribution in [0.25, 0.3) is 0 Å². The molecule has 5 heterocycles. The number of aliphatic hydroxyl groups is 5. The van der Waals surface area contributed by atoms with E-state index in [1.165, 1.54) is 35.4 Å². The number of nitrogens with two attached hydrogens (primary N) is 1. The van der Waals surface area contributed by atoms with Crippen molar-refractivity contribution >= 4 is 29.8 Å². The first kappa shape index (κ1) is 60.4. The van der Waals surface area contributed by atoms with Crippen LogP contribution in [0.15, 0.2) is 0 Å². The van der Waals surface area contributed by atoms with Gasteiger partial charge in [0.15, 0.2) is 49.8 Å². The van der Waals surface area contributed by atoms with Gasteiger partial charge >= 0.3 is 29.8 Å². The molecule has 5 fully saturated rings. The first-order valence-electron chi connectivity index (χ1n) is 22.7. The van der Waals surface area contributed by atoms with Crippen LogP contribution in [0, 0.1) is 0 Å². The molecule has 0 aromatic rings. The zero-order chi connectivity index (χ0) is 54.2. The van der Waals surface area contributed by atoms with E-state index < -0.39 is 197 Å². The number of carbonyl (C=O) groups excluding carboxylic acids is 3. The molecule has 25 atom stereocenters. The molecule has 0 aliphatic carbocycles. The molecule has 0 radical (unpaired) electrons. The fraction of sp³-hybridized carbons (Fsp3) is 0.881. The molecule has 11 unspecified atom stereocenters. The quantitative estimate of drug-likeness (QED) is 0.0369. The summed E-state index contributed by atoms with van der Waals surface area (Å²) in [4.78, 5) is 62.8. The summed E-state index contributed by atoms with van der Waals surface area (Å²) in [5, 5.41) is 74.0. The van der Waals surface area contributed by atoms with Gasteiger partial charge in [0.1, 0.15) is 111 Å². The van der Waals surface area contributed by atoms with E-state index in [1.807, 2.05) is 0 Å². The second kappa shape index (κ2) is 27.0. The molecule has 31 heteroatoms. The summed E-state index contributed by atoms with van der Waals surface area (Å²) < 4.78 is 103. The molecule has 0 saturated carbocycles. The van der Waals surface area contributed by atoms with Crippen LogP contribution in [0.4, 0.5) is 0 Å². The summed E-state index contributed by atoms with van der Waals surface area (Å²) in [6, 6.07) is -1.16. The van der Waals surface area contributed by atoms with E-state index >= 15 is 0 Å². The number of esters is 3. The molecule has 5 rings (SSSR count). The fourth-order valence-electron chi connectivity index (χ4n) is 9.21. The predicted molar refractivity (Wildman–Crippen MR) is 227 cm³/mol. The summed E-state index contributed by atoms with van der Waals surface area (Å²) in [7, 11) is 7.29. The molecule has 0 amide bonds. The summed E-state index contributed by atoms with van der Waals surface area (Å²) in [6.45, 7) is 1.22. The van der Waals surface area contributed by atoms with Crippen molar-refractivity contribution in [2.45, 2.75) is 174 Å². The molecule has 0 spiro atoms. The summed E-state index contributed by atoms with van der Waals surface area (Å²) in [5.41, 5.74) is 6.52. The number of ether oxygens (including phenoxy) is 18. The average molecular weight is 1070 g/mol. The summed E-state index contributed by atoms with van der Waals surface area (Å²) in [5.74, 6) is -5.90. The Bertz CT molecular complexity index is 1810. The third-order valence-corrected chi connectivity index (χ3v) is 12.6. The van der Waals surface area contributed by atoms with Gasteiger partial charge in [-0.2, -0.15) is 0 Å². The molecule has 5 saturated heterocycles. The largest absolute Gasteiger partial charge is 0.479 e. The lowest BCUT2D eigenvalue weighted by Gasteiger charge is -2.50. The van der Waals surface area contributed by atoms with E-state index in [9.17, 15) is 59.7 Å². The van der Waals surface area contributed by atoms with E-state index in [4.69, 9.17) is 91.0 Å². The third-order valence-electron chi connectivity index (χ3n) is 12.6. The van der Waals surface area contributed by atoms with Crippen molar-refractivity contribution in [3.8, 4) is 0 Å². The molecule has 0 aromatic heterocycles. The van der Waals surface area contributed by atoms with Gasteiger partial charge in [-0.15, -0.1) is 0 Å². The predicted octanol–water partition coefficient (Wildman–Crippen LogP) is -6.14. The maximum atomic E-state index is 13.1. The molecule has 0 bridgehead atoms. The molecule has 9 N–H and O–H groups in total. The lowest BCUT2D eigenvalue weighted by atomic mass is 9.94. The van der Waals surface area contributed by atoms with Crippen molar-refractivity contribution in [1.29, 1.82) is 0 Å². The van der Waals surface area contributed by atoms with Crippen LogP contribution >= 0.6 is 0 Å². The first-order valence-corrected chi connectivity index (χ1v) is 22.7. The van der Waals surface area contributed by atoms with Crippen molar-refractivity contribution in [2.24, 2.45) is 5.73 Å². The first-order chi connectivity index (χ1) is 34.6. The Morgan fingerprint density at radius 2 is 0.863 bits per heavy atom. The maximum absolute atomic E-state index is 13.1. The van der Waals surface area contributed by atoms with Crippen molar-refractivity contribution in [2.75, 3.05) is 62.5 Å². The van der Waals surface area contributed by atoms with Gasteiger partial charge in [-0.25, -0.2) is 9.59 Å². The number of aliphatic carboxylic acids is 2. The smallest absolute Gasteiger partial charge is 0.335 e. The van der Waals surface area contributed by atoms with Crippen molar-refractivity contribution < 1.29 is 145 Å². The van der Waals surface area contributed by atoms with Crippen molar-refractivity contribution in [3.63, 3.8) is 0 Å². The van der Waals surface area contributed by atoms with Crippen LogP contribution in [0.3, 0.4) is 0 Å². The maximum Gasteiger partial charge on any atom is 0.335 e. The Hall–Kier alpha value is -3.49. The molecular weight excluding hydrogens is 998 g/mol. The lowest BCUT2D eigenvalue weighted by Crippen LogP contribution is -2.69. The van der Waals surface area contributed by atoms with Gasteiger partial charge in [-0.3, -0.25) is 14.4 Å². The second-order valence-corrected chi connectivity index (χ2v) is 17.2. The van der Waals surface area contributed by atoms with Gasteiger partial charge in [0, 0.05) is 63.4 Å². The average Bonchev–Trinajstić information content (AvgIpc) is 3.34. The monoisotopic (exact) mass is 1070 g/mol. The van der Waals surface area contributed by atoms with Gasteiger partial charge in [0.25, 0.3) is 0 Å². The number of carboxylic acids is 2. The van der Waals surface area contributed by atoms with Crippen molar-refractivity contribution in [1.82, 2.24) is 0 Å². The van der Waals surface area contributed by atoms with Crippen LogP contribution in [0.5, 0.6) is 0 Å². The zero-order valence-electron chi connectivity index (χ0n) is 41.2. The Morgan fingerprint density at radius 1 is 0.438 bits per heavy atom. The highest BCUT2D eigenvalue weighted by Crippen LogP contribution is 2.39. The number of carbonyl (C=O) groups is 5. The number of hydrogen-bond acceptors (Lipinski definition) is 29. The SMILES string of the molecule is COC1C(OC)[C@H](O[C@H]2O[C@@H](COC(C)=O)[C@@H](O[C@@H]3OC(C(=O)O)[C@@H](O[C@@H]4OC(COC(C)=O)C(OC)[C@H](OC)C4N)[C@H](OC)C3OC)C(OC(C)=O)C2O)[C@H](C(=O)O)O[C@@H]1O[C@@H]1C(CO)O[C@H](O)C(O)[C@H]1O. The molecular formula is C42H67NO30. The van der Waals surface area contributed by atoms with Crippen molar-refractivity contribution in [3.05, 3.63) is 0 Å². The third kappa shape index (κ3) is 13.7. The van der Waals surface area contributed by atoms with E-state index in [0.717, 1.165) is 28.1 Å². The summed E-state index contributed by atoms with van der Waals surface area (Å²) >= 11 is 0. The normalized spacial score (nSPS) is 43.1. The number of methoxy groups -OCH3 is 6. The van der Waals surface area contributed by atoms with Crippen LogP contribution in [-0.2, 0) is 109 Å². The number of aliphatic hydroxyl groups excluding tert-OH is 5. The minimum Gasteiger partial charge on any atom is -0.479 e. The highest BCUT2D eigenvalue weighted by Gasteiger charge is 2.60. The molecule has 73 heavy (non-hydrogen) atoms. The van der Waals surface area contributed by atoms with E-state index in [1.54, 1.807) is 0 Å². The van der Waals surface area contributed by atoms with Gasteiger partial charge in [0.05, 0.1) is 12.6 Å². The minimum absolute atomic E-state index is 0.341. The standard InChI is InChI=1S/C42H67NO30/c1-13(45)62-11-17-24(56-4)26(57-5)19(43)39(66-17)70-30-28(58-6)35(61-9)42(73-32(30)36(51)52)69-25-18(12-63-14(2)46)67-40(22(50)27(25)64-15(3)47)71-31-29(59-7)34(60-8)41(72-33(31)37(53)54)68-23-16(10-44)65-38(55)21(49)20(23)48/h16-35,38-42,44,48-50,55H,10-12,43H2,1-9H3,(H,51,52)(H,53,54)/t16?,17?,18-,19?,20+,21?,22?,23+,24?,25+,26+,27?,28-,29?,30-,31-,32?,33+,34?,35?,38-,39-,40+,41-,42+/m0/s1. The van der Waals surface area contributed by atoms with Gasteiger partial charge in [-0.05, 0) is 0 Å².